The standard InChI is InChI=1S/C23H21ClF4N4O4S/c1-2-37(34,35)20-4-3-15(9-18(20)25)32-13-17(24)19(10-21(32)33)36-16-5-7-31(8-6-16)22-29-11-14(12-30-22)23(26,27)28/h3-4,9-13,16H,2,5-8H2,1H3. The second-order valence-electron chi connectivity index (χ2n) is 8.29. The number of halogens is 5. The van der Waals surface area contributed by atoms with Crippen LogP contribution in [-0.2, 0) is 16.0 Å². The third-order valence-electron chi connectivity index (χ3n) is 5.86. The number of hydrogen-bond acceptors (Lipinski definition) is 7. The van der Waals surface area contributed by atoms with Crippen molar-refractivity contribution in [2.24, 2.45) is 0 Å². The maximum absolute atomic E-state index is 14.5. The number of anilines is 1. The number of nitrogens with zero attached hydrogens (tertiary/aromatic N) is 4. The lowest BCUT2D eigenvalue weighted by atomic mass is 10.1. The molecule has 0 radical (unpaired) electrons. The summed E-state index contributed by atoms with van der Waals surface area (Å²) in [6, 6.07) is 4.51. The van der Waals surface area contributed by atoms with Crippen molar-refractivity contribution in [1.82, 2.24) is 14.5 Å². The summed E-state index contributed by atoms with van der Waals surface area (Å²) >= 11 is 6.32. The average Bonchev–Trinajstić information content (AvgIpc) is 2.86. The number of ether oxygens (including phenoxy) is 1. The van der Waals surface area contributed by atoms with E-state index in [2.05, 4.69) is 9.97 Å². The molecule has 1 aliphatic rings. The zero-order valence-electron chi connectivity index (χ0n) is 19.4. The lowest BCUT2D eigenvalue weighted by Gasteiger charge is -2.32. The van der Waals surface area contributed by atoms with Gasteiger partial charge >= 0.3 is 6.18 Å². The van der Waals surface area contributed by atoms with Gasteiger partial charge in [-0.05, 0) is 18.2 Å². The monoisotopic (exact) mass is 560 g/mol. The van der Waals surface area contributed by atoms with Crippen molar-refractivity contribution >= 4 is 27.4 Å². The van der Waals surface area contributed by atoms with E-state index in [1.54, 1.807) is 4.90 Å². The average molecular weight is 561 g/mol. The molecule has 0 atom stereocenters. The predicted octanol–water partition coefficient (Wildman–Crippen LogP) is 4.28. The number of piperidine rings is 1. The van der Waals surface area contributed by atoms with Crippen molar-refractivity contribution in [3.05, 3.63) is 69.6 Å². The first kappa shape index (κ1) is 26.9. The quantitative estimate of drug-likeness (QED) is 0.415. The summed E-state index contributed by atoms with van der Waals surface area (Å²) in [5, 5.41) is 0.0822. The van der Waals surface area contributed by atoms with E-state index in [1.807, 2.05) is 0 Å². The van der Waals surface area contributed by atoms with Crippen molar-refractivity contribution in [1.29, 1.82) is 0 Å². The summed E-state index contributed by atoms with van der Waals surface area (Å²) in [5.74, 6) is -0.946. The van der Waals surface area contributed by atoms with E-state index in [0.717, 1.165) is 35.2 Å². The fraction of sp³-hybridized carbons (Fsp3) is 0.348. The largest absolute Gasteiger partial charge is 0.488 e. The van der Waals surface area contributed by atoms with Gasteiger partial charge in [0.2, 0.25) is 5.95 Å². The molecular formula is C23H21ClF4N4O4S. The lowest BCUT2D eigenvalue weighted by Crippen LogP contribution is -2.39. The molecule has 1 saturated heterocycles. The molecule has 37 heavy (non-hydrogen) atoms. The van der Waals surface area contributed by atoms with Crippen LogP contribution in [0.15, 0.2) is 52.5 Å². The highest BCUT2D eigenvalue weighted by atomic mass is 35.5. The van der Waals surface area contributed by atoms with Crippen LogP contribution in [-0.4, -0.2) is 47.9 Å². The molecule has 0 spiro atoms. The van der Waals surface area contributed by atoms with Crippen molar-refractivity contribution in [3.8, 4) is 11.4 Å². The van der Waals surface area contributed by atoms with Crippen molar-refractivity contribution in [2.45, 2.75) is 36.9 Å². The Bertz CT molecular complexity index is 1460. The van der Waals surface area contributed by atoms with Crippen LogP contribution in [0.5, 0.6) is 5.75 Å². The van der Waals surface area contributed by atoms with Crippen LogP contribution >= 0.6 is 11.6 Å². The Labute approximate surface area is 214 Å². The van der Waals surface area contributed by atoms with E-state index in [4.69, 9.17) is 16.3 Å². The van der Waals surface area contributed by atoms with E-state index in [9.17, 15) is 30.8 Å². The highest BCUT2D eigenvalue weighted by Crippen LogP contribution is 2.30. The zero-order valence-corrected chi connectivity index (χ0v) is 20.9. The number of sulfone groups is 1. The fourth-order valence-corrected chi connectivity index (χ4v) is 4.95. The summed E-state index contributed by atoms with van der Waals surface area (Å²) in [6.07, 6.45) is -1.16. The molecule has 1 fully saturated rings. The first-order valence-corrected chi connectivity index (χ1v) is 13.2. The van der Waals surface area contributed by atoms with Gasteiger partial charge in [0.25, 0.3) is 5.56 Å². The van der Waals surface area contributed by atoms with Gasteiger partial charge in [-0.3, -0.25) is 9.36 Å². The number of pyridine rings is 1. The van der Waals surface area contributed by atoms with E-state index >= 15 is 0 Å². The molecule has 8 nitrogen and oxygen atoms in total. The van der Waals surface area contributed by atoms with Crippen LogP contribution in [0.25, 0.3) is 5.69 Å². The summed E-state index contributed by atoms with van der Waals surface area (Å²) in [4.78, 5) is 21.6. The molecule has 198 valence electrons. The summed E-state index contributed by atoms with van der Waals surface area (Å²) in [7, 11) is -3.76. The molecular weight excluding hydrogens is 540 g/mol. The first-order chi connectivity index (χ1) is 17.4. The SMILES string of the molecule is CCS(=O)(=O)c1ccc(-n2cc(Cl)c(OC3CCN(c4ncc(C(F)(F)F)cn4)CC3)cc2=O)cc1F. The second-order valence-corrected chi connectivity index (χ2v) is 10.9. The molecule has 1 aromatic carbocycles. The van der Waals surface area contributed by atoms with Gasteiger partial charge in [-0.1, -0.05) is 18.5 Å². The third-order valence-corrected chi connectivity index (χ3v) is 7.91. The summed E-state index contributed by atoms with van der Waals surface area (Å²) in [6.45, 7) is 2.23. The van der Waals surface area contributed by atoms with Gasteiger partial charge in [0.05, 0.1) is 22.0 Å². The third kappa shape index (κ3) is 5.87. The van der Waals surface area contributed by atoms with Crippen molar-refractivity contribution in [2.75, 3.05) is 23.7 Å². The van der Waals surface area contributed by atoms with Crippen molar-refractivity contribution in [3.63, 3.8) is 0 Å². The second kappa shape index (κ2) is 10.3. The molecule has 2 aromatic heterocycles. The van der Waals surface area contributed by atoms with E-state index in [-0.39, 0.29) is 34.3 Å². The topological polar surface area (TPSA) is 94.4 Å². The molecule has 0 saturated carbocycles. The van der Waals surface area contributed by atoms with Gasteiger partial charge < -0.3 is 9.64 Å². The van der Waals surface area contributed by atoms with Crippen LogP contribution in [0.1, 0.15) is 25.3 Å². The molecule has 1 aliphatic heterocycles. The van der Waals surface area contributed by atoms with Gasteiger partial charge in [-0.25, -0.2) is 22.8 Å². The maximum atomic E-state index is 14.5. The normalized spacial score (nSPS) is 15.1. The van der Waals surface area contributed by atoms with E-state index < -0.39 is 37.8 Å². The van der Waals surface area contributed by atoms with Gasteiger partial charge in [0, 0.05) is 50.6 Å². The Hall–Kier alpha value is -3.19. The van der Waals surface area contributed by atoms with Gasteiger partial charge in [-0.2, -0.15) is 13.2 Å². The summed E-state index contributed by atoms with van der Waals surface area (Å²) < 4.78 is 83.5. The predicted molar refractivity (Wildman–Crippen MR) is 128 cm³/mol. The summed E-state index contributed by atoms with van der Waals surface area (Å²) in [5.41, 5.74) is -1.40. The molecule has 4 rings (SSSR count). The Morgan fingerprint density at radius 1 is 1.14 bits per heavy atom. The molecule has 0 aliphatic carbocycles. The van der Waals surface area contributed by atoms with E-state index in [1.165, 1.54) is 19.2 Å². The van der Waals surface area contributed by atoms with Crippen LogP contribution < -0.4 is 15.2 Å². The Morgan fingerprint density at radius 3 is 2.35 bits per heavy atom. The molecule has 14 heteroatoms. The van der Waals surface area contributed by atoms with Gasteiger partial charge in [0.1, 0.15) is 22.6 Å². The molecule has 0 bridgehead atoms. The minimum atomic E-state index is -4.51. The van der Waals surface area contributed by atoms with Crippen LogP contribution in [0.2, 0.25) is 5.02 Å². The maximum Gasteiger partial charge on any atom is 0.419 e. The molecule has 3 aromatic rings. The number of alkyl halides is 3. The van der Waals surface area contributed by atoms with E-state index in [0.29, 0.717) is 25.9 Å². The number of hydrogen-bond donors (Lipinski definition) is 0. The highest BCUT2D eigenvalue weighted by molar-refractivity contribution is 7.91. The van der Waals surface area contributed by atoms with Gasteiger partial charge in [-0.15, -0.1) is 0 Å². The number of benzene rings is 1. The zero-order chi connectivity index (χ0) is 27.0. The minimum Gasteiger partial charge on any atom is -0.488 e. The lowest BCUT2D eigenvalue weighted by molar-refractivity contribution is -0.138. The number of aromatic nitrogens is 3. The fourth-order valence-electron chi connectivity index (χ4n) is 3.81. The van der Waals surface area contributed by atoms with Crippen molar-refractivity contribution < 1.29 is 30.7 Å². The Balaban J connectivity index is 1.44. The Kier molecular flexibility index (Phi) is 7.47. The van der Waals surface area contributed by atoms with Crippen LogP contribution in [0, 0.1) is 5.82 Å². The molecule has 0 N–H and O–H groups in total. The first-order valence-electron chi connectivity index (χ1n) is 11.1. The minimum absolute atomic E-state index is 0.0822. The number of rotatable bonds is 6. The highest BCUT2D eigenvalue weighted by Gasteiger charge is 2.32. The molecule has 3 heterocycles. The van der Waals surface area contributed by atoms with Crippen LogP contribution in [0.3, 0.4) is 0 Å². The Morgan fingerprint density at radius 2 is 1.78 bits per heavy atom. The van der Waals surface area contributed by atoms with Gasteiger partial charge in [0.15, 0.2) is 9.84 Å². The molecule has 0 unspecified atom stereocenters. The van der Waals surface area contributed by atoms with Crippen LogP contribution in [0.4, 0.5) is 23.5 Å². The molecule has 0 amide bonds. The smallest absolute Gasteiger partial charge is 0.419 e.